The molecule has 2 aromatic rings. The molecule has 0 aliphatic rings. The first-order valence-corrected chi connectivity index (χ1v) is 7.56. The van der Waals surface area contributed by atoms with E-state index in [9.17, 15) is 9.90 Å². The smallest absolute Gasteiger partial charge is 0.275 e. The number of hydrogen-bond acceptors (Lipinski definition) is 5. The molecule has 0 spiro atoms. The van der Waals surface area contributed by atoms with E-state index in [0.29, 0.717) is 23.5 Å². The lowest BCUT2D eigenvalue weighted by Crippen LogP contribution is -2.18. The largest absolute Gasteiger partial charge is 0.503 e. The molecule has 0 unspecified atom stereocenters. The second-order valence-electron chi connectivity index (χ2n) is 4.68. The van der Waals surface area contributed by atoms with E-state index in [1.54, 1.807) is 37.3 Å². The predicted molar refractivity (Wildman–Crippen MR) is 92.3 cm³/mol. The highest BCUT2D eigenvalue weighted by Crippen LogP contribution is 2.34. The number of amides is 1. The van der Waals surface area contributed by atoms with E-state index in [2.05, 4.69) is 10.5 Å². The highest BCUT2D eigenvalue weighted by molar-refractivity contribution is 6.32. The third-order valence-corrected chi connectivity index (χ3v) is 3.37. The standard InChI is InChI=1S/C17H17ClN2O4/c1-3-24-15-9-11(8-13(18)16(15)21)10-19-20-17(22)12-6-4-5-7-14(12)23-2/h4-10,21H,3H2,1-2H3,(H,20,22)/b19-10-. The maximum atomic E-state index is 12.1. The van der Waals surface area contributed by atoms with E-state index in [-0.39, 0.29) is 16.5 Å². The Morgan fingerprint density at radius 1 is 1.33 bits per heavy atom. The van der Waals surface area contributed by atoms with Crippen LogP contribution in [0.4, 0.5) is 0 Å². The summed E-state index contributed by atoms with van der Waals surface area (Å²) in [5.41, 5.74) is 3.35. The van der Waals surface area contributed by atoms with Crippen LogP contribution >= 0.6 is 11.6 Å². The van der Waals surface area contributed by atoms with Gasteiger partial charge in [0.2, 0.25) is 0 Å². The average Bonchev–Trinajstić information content (AvgIpc) is 2.59. The van der Waals surface area contributed by atoms with E-state index in [1.807, 2.05) is 0 Å². The molecule has 0 atom stereocenters. The number of hydrazone groups is 1. The number of halogens is 1. The minimum atomic E-state index is -0.404. The van der Waals surface area contributed by atoms with Gasteiger partial charge in [-0.2, -0.15) is 5.10 Å². The molecule has 24 heavy (non-hydrogen) atoms. The van der Waals surface area contributed by atoms with Crippen LogP contribution in [0.5, 0.6) is 17.2 Å². The van der Waals surface area contributed by atoms with Crippen molar-refractivity contribution < 1.29 is 19.4 Å². The van der Waals surface area contributed by atoms with Crippen molar-refractivity contribution in [3.8, 4) is 17.2 Å². The van der Waals surface area contributed by atoms with Gasteiger partial charge in [0, 0.05) is 0 Å². The molecule has 2 N–H and O–H groups in total. The molecule has 0 aliphatic heterocycles. The predicted octanol–water partition coefficient (Wildman–Crippen LogP) is 3.22. The van der Waals surface area contributed by atoms with Crippen LogP contribution in [0.1, 0.15) is 22.8 Å². The second kappa shape index (κ2) is 8.21. The number of para-hydroxylation sites is 1. The number of hydrogen-bond donors (Lipinski definition) is 2. The summed E-state index contributed by atoms with van der Waals surface area (Å²) in [6.45, 7) is 2.18. The van der Waals surface area contributed by atoms with Crippen molar-refractivity contribution in [2.45, 2.75) is 6.92 Å². The Bertz CT molecular complexity index is 762. The number of benzene rings is 2. The molecule has 0 saturated carbocycles. The molecule has 0 aromatic heterocycles. The van der Waals surface area contributed by atoms with Gasteiger partial charge >= 0.3 is 0 Å². The number of rotatable bonds is 6. The van der Waals surface area contributed by atoms with Crippen molar-refractivity contribution in [3.05, 3.63) is 52.5 Å². The highest BCUT2D eigenvalue weighted by Gasteiger charge is 2.11. The molecule has 2 aromatic carbocycles. The van der Waals surface area contributed by atoms with Crippen LogP contribution in [0.25, 0.3) is 0 Å². The fourth-order valence-corrected chi connectivity index (χ4v) is 2.21. The maximum absolute atomic E-state index is 12.1. The van der Waals surface area contributed by atoms with Gasteiger partial charge in [0.05, 0.1) is 30.5 Å². The van der Waals surface area contributed by atoms with Crippen LogP contribution in [0.15, 0.2) is 41.5 Å². The normalized spacial score (nSPS) is 10.6. The van der Waals surface area contributed by atoms with E-state index in [0.717, 1.165) is 0 Å². The Morgan fingerprint density at radius 3 is 2.79 bits per heavy atom. The third-order valence-electron chi connectivity index (χ3n) is 3.08. The first-order chi connectivity index (χ1) is 11.6. The van der Waals surface area contributed by atoms with Crippen molar-refractivity contribution in [1.29, 1.82) is 0 Å². The molecule has 0 heterocycles. The molecule has 7 heteroatoms. The number of phenolic OH excluding ortho intramolecular Hbond substituents is 1. The molecule has 6 nitrogen and oxygen atoms in total. The second-order valence-corrected chi connectivity index (χ2v) is 5.09. The van der Waals surface area contributed by atoms with Gasteiger partial charge < -0.3 is 14.6 Å². The number of nitrogens with one attached hydrogen (secondary N) is 1. The first-order valence-electron chi connectivity index (χ1n) is 7.18. The molecular formula is C17H17ClN2O4. The number of phenols is 1. The number of aromatic hydroxyl groups is 1. The monoisotopic (exact) mass is 348 g/mol. The van der Waals surface area contributed by atoms with Crippen LogP contribution in [0, 0.1) is 0 Å². The summed E-state index contributed by atoms with van der Waals surface area (Å²) in [6, 6.07) is 9.91. The Labute approximate surface area is 144 Å². The number of carbonyl (C=O) groups is 1. The Balaban J connectivity index is 2.13. The van der Waals surface area contributed by atoms with Gasteiger partial charge in [-0.3, -0.25) is 4.79 Å². The zero-order chi connectivity index (χ0) is 17.5. The number of ether oxygens (including phenoxy) is 2. The fourth-order valence-electron chi connectivity index (χ4n) is 1.99. The van der Waals surface area contributed by atoms with Crippen LogP contribution in [0.3, 0.4) is 0 Å². The van der Waals surface area contributed by atoms with Crippen LogP contribution in [0.2, 0.25) is 5.02 Å². The zero-order valence-corrected chi connectivity index (χ0v) is 14.0. The number of nitrogens with zero attached hydrogens (tertiary/aromatic N) is 1. The summed E-state index contributed by atoms with van der Waals surface area (Å²) >= 11 is 5.94. The molecular weight excluding hydrogens is 332 g/mol. The molecule has 126 valence electrons. The minimum Gasteiger partial charge on any atom is -0.503 e. The van der Waals surface area contributed by atoms with Crippen molar-refractivity contribution in [3.63, 3.8) is 0 Å². The van der Waals surface area contributed by atoms with Gasteiger partial charge in [0.15, 0.2) is 11.5 Å². The summed E-state index contributed by atoms with van der Waals surface area (Å²) in [7, 11) is 1.49. The van der Waals surface area contributed by atoms with Crippen molar-refractivity contribution in [2.75, 3.05) is 13.7 Å². The molecule has 0 radical (unpaired) electrons. The van der Waals surface area contributed by atoms with E-state index in [1.165, 1.54) is 19.4 Å². The van der Waals surface area contributed by atoms with Gasteiger partial charge in [0.25, 0.3) is 5.91 Å². The number of methoxy groups -OCH3 is 1. The summed E-state index contributed by atoms with van der Waals surface area (Å²) in [6.07, 6.45) is 1.40. The summed E-state index contributed by atoms with van der Waals surface area (Å²) in [4.78, 5) is 12.1. The molecule has 0 fully saturated rings. The molecule has 2 rings (SSSR count). The Hall–Kier alpha value is -2.73. The quantitative estimate of drug-likeness (QED) is 0.620. The van der Waals surface area contributed by atoms with Crippen molar-refractivity contribution in [1.82, 2.24) is 5.43 Å². The van der Waals surface area contributed by atoms with Gasteiger partial charge in [-0.1, -0.05) is 23.7 Å². The van der Waals surface area contributed by atoms with Crippen LogP contribution in [-0.2, 0) is 0 Å². The Morgan fingerprint density at radius 2 is 2.08 bits per heavy atom. The topological polar surface area (TPSA) is 80.2 Å². The first kappa shape index (κ1) is 17.6. The average molecular weight is 349 g/mol. The molecule has 0 bridgehead atoms. The van der Waals surface area contributed by atoms with Gasteiger partial charge in [-0.25, -0.2) is 5.43 Å². The van der Waals surface area contributed by atoms with Crippen LogP contribution < -0.4 is 14.9 Å². The summed E-state index contributed by atoms with van der Waals surface area (Å²) in [5, 5.41) is 13.8. The highest BCUT2D eigenvalue weighted by atomic mass is 35.5. The van der Waals surface area contributed by atoms with E-state index >= 15 is 0 Å². The minimum absolute atomic E-state index is 0.131. The molecule has 1 amide bonds. The van der Waals surface area contributed by atoms with Gasteiger partial charge in [-0.15, -0.1) is 0 Å². The summed E-state index contributed by atoms with van der Waals surface area (Å²) in [5.74, 6) is 0.173. The lowest BCUT2D eigenvalue weighted by molar-refractivity contribution is 0.0952. The van der Waals surface area contributed by atoms with Crippen LogP contribution in [-0.4, -0.2) is 30.9 Å². The maximum Gasteiger partial charge on any atom is 0.275 e. The lowest BCUT2D eigenvalue weighted by Gasteiger charge is -2.08. The zero-order valence-electron chi connectivity index (χ0n) is 13.2. The van der Waals surface area contributed by atoms with E-state index < -0.39 is 5.91 Å². The summed E-state index contributed by atoms with van der Waals surface area (Å²) < 4.78 is 10.4. The van der Waals surface area contributed by atoms with Gasteiger partial charge in [-0.05, 0) is 36.8 Å². The molecule has 0 saturated heterocycles. The lowest BCUT2D eigenvalue weighted by atomic mass is 10.2. The van der Waals surface area contributed by atoms with E-state index in [4.69, 9.17) is 21.1 Å². The molecule has 0 aliphatic carbocycles. The van der Waals surface area contributed by atoms with Gasteiger partial charge in [0.1, 0.15) is 5.75 Å². The van der Waals surface area contributed by atoms with Crippen molar-refractivity contribution >= 4 is 23.7 Å². The Kier molecular flexibility index (Phi) is 6.03. The van der Waals surface area contributed by atoms with Crippen molar-refractivity contribution in [2.24, 2.45) is 5.10 Å². The number of carbonyl (C=O) groups excluding carboxylic acids is 1. The SMILES string of the molecule is CCOc1cc(/C=N\NC(=O)c2ccccc2OC)cc(Cl)c1O. The fraction of sp³-hybridized carbons (Fsp3) is 0.176. The third kappa shape index (κ3) is 4.17.